The molecule has 64 heavy (non-hydrogen) atoms. The molecule has 1 aromatic heterocycles. The third kappa shape index (κ3) is 6.35. The van der Waals surface area contributed by atoms with Gasteiger partial charge in [-0.15, -0.1) is 0 Å². The van der Waals surface area contributed by atoms with E-state index in [1.54, 1.807) is 0 Å². The minimum atomic E-state index is 1.08. The summed E-state index contributed by atoms with van der Waals surface area (Å²) in [6.07, 6.45) is 0. The number of anilines is 3. The summed E-state index contributed by atoms with van der Waals surface area (Å²) in [6, 6.07) is 92.7. The van der Waals surface area contributed by atoms with Crippen LogP contribution in [0.2, 0.25) is 0 Å². The molecule has 0 fully saturated rings. The SMILES string of the molecule is c1ccc(-c2ccccc2N(c2ccc(-c3ccc4c(c3)c3ccccc3n4-c3ccccc3)cc2)c2ccc3c(c2)c(-c2ccccc2)c(-c2ccccc2)c2ccccc23)cc1. The summed E-state index contributed by atoms with van der Waals surface area (Å²) in [4.78, 5) is 2.44. The van der Waals surface area contributed by atoms with E-state index < -0.39 is 0 Å². The van der Waals surface area contributed by atoms with Crippen LogP contribution in [0.4, 0.5) is 17.1 Å². The standard InChI is InChI=1S/C62H42N2/c1-5-19-44(20-6-1)51-27-15-17-31-58(51)63(49-36-33-43(34-37-49)47-35-40-60-56(41-47)54-29-16-18-32-59(54)64(60)48-25-11-4-12-26-48)50-38-39-53-52-28-13-14-30-55(52)61(45-21-7-2-8-22-45)62(57(53)42-50)46-23-9-3-10-24-46/h1-42H. The fourth-order valence-corrected chi connectivity index (χ4v) is 9.90. The van der Waals surface area contributed by atoms with Crippen LogP contribution >= 0.6 is 0 Å². The molecule has 0 saturated heterocycles. The predicted octanol–water partition coefficient (Wildman–Crippen LogP) is 17.2. The first kappa shape index (κ1) is 37.3. The molecule has 11 aromatic carbocycles. The van der Waals surface area contributed by atoms with Gasteiger partial charge in [0, 0.05) is 33.4 Å². The summed E-state index contributed by atoms with van der Waals surface area (Å²) in [5, 5.41) is 7.42. The summed E-state index contributed by atoms with van der Waals surface area (Å²) < 4.78 is 2.37. The molecule has 0 aliphatic carbocycles. The Kier molecular flexibility index (Phi) is 9.20. The first-order valence-corrected chi connectivity index (χ1v) is 22.0. The van der Waals surface area contributed by atoms with E-state index in [1.165, 1.54) is 87.9 Å². The topological polar surface area (TPSA) is 8.17 Å². The van der Waals surface area contributed by atoms with Crippen molar-refractivity contribution >= 4 is 60.4 Å². The zero-order chi connectivity index (χ0) is 42.4. The first-order chi connectivity index (χ1) is 31.8. The number of rotatable bonds is 8. The summed E-state index contributed by atoms with van der Waals surface area (Å²) in [5.41, 5.74) is 16.4. The number of aromatic nitrogens is 1. The molecule has 2 nitrogen and oxygen atoms in total. The quantitative estimate of drug-likeness (QED) is 0.139. The van der Waals surface area contributed by atoms with Crippen molar-refractivity contribution in [2.75, 3.05) is 4.90 Å². The van der Waals surface area contributed by atoms with Crippen molar-refractivity contribution < 1.29 is 0 Å². The summed E-state index contributed by atoms with van der Waals surface area (Å²) in [7, 11) is 0. The van der Waals surface area contributed by atoms with Crippen molar-refractivity contribution in [3.63, 3.8) is 0 Å². The minimum Gasteiger partial charge on any atom is -0.310 e. The molecule has 1 heterocycles. The second kappa shape index (κ2) is 15.8. The summed E-state index contributed by atoms with van der Waals surface area (Å²) in [5.74, 6) is 0. The molecule has 12 aromatic rings. The predicted molar refractivity (Wildman–Crippen MR) is 272 cm³/mol. The van der Waals surface area contributed by atoms with E-state index in [4.69, 9.17) is 0 Å². The lowest BCUT2D eigenvalue weighted by Crippen LogP contribution is -2.11. The van der Waals surface area contributed by atoms with Crippen LogP contribution in [0.15, 0.2) is 255 Å². The molecule has 0 unspecified atom stereocenters. The zero-order valence-electron chi connectivity index (χ0n) is 35.1. The van der Waals surface area contributed by atoms with Crippen LogP contribution in [0.5, 0.6) is 0 Å². The summed E-state index contributed by atoms with van der Waals surface area (Å²) >= 11 is 0. The number of hydrogen-bond acceptors (Lipinski definition) is 1. The average molecular weight is 815 g/mol. The second-order valence-electron chi connectivity index (χ2n) is 16.4. The van der Waals surface area contributed by atoms with E-state index in [9.17, 15) is 0 Å². The van der Waals surface area contributed by atoms with Crippen LogP contribution in [-0.4, -0.2) is 4.57 Å². The molecule has 12 rings (SSSR count). The molecule has 300 valence electrons. The number of hydrogen-bond donors (Lipinski definition) is 0. The van der Waals surface area contributed by atoms with Gasteiger partial charge in [0.2, 0.25) is 0 Å². The van der Waals surface area contributed by atoms with E-state index in [0.29, 0.717) is 0 Å². The van der Waals surface area contributed by atoms with Crippen LogP contribution in [0, 0.1) is 0 Å². The van der Waals surface area contributed by atoms with Crippen molar-refractivity contribution in [2.24, 2.45) is 0 Å². The Morgan fingerprint density at radius 3 is 1.47 bits per heavy atom. The highest BCUT2D eigenvalue weighted by Crippen LogP contribution is 2.48. The van der Waals surface area contributed by atoms with Gasteiger partial charge < -0.3 is 9.47 Å². The molecule has 0 aliphatic rings. The molecule has 0 amide bonds. The minimum absolute atomic E-state index is 1.08. The van der Waals surface area contributed by atoms with E-state index >= 15 is 0 Å². The molecule has 0 aliphatic heterocycles. The molecular weight excluding hydrogens is 773 g/mol. The Bertz CT molecular complexity index is 3630. The van der Waals surface area contributed by atoms with Crippen LogP contribution in [0.3, 0.4) is 0 Å². The second-order valence-corrected chi connectivity index (χ2v) is 16.4. The lowest BCUT2D eigenvalue weighted by molar-refractivity contribution is 1.18. The smallest absolute Gasteiger partial charge is 0.0541 e. The van der Waals surface area contributed by atoms with Crippen molar-refractivity contribution in [3.05, 3.63) is 255 Å². The van der Waals surface area contributed by atoms with Gasteiger partial charge in [-0.3, -0.25) is 0 Å². The van der Waals surface area contributed by atoms with Gasteiger partial charge in [0.15, 0.2) is 0 Å². The fourth-order valence-electron chi connectivity index (χ4n) is 9.90. The highest BCUT2D eigenvalue weighted by molar-refractivity contribution is 6.22. The van der Waals surface area contributed by atoms with Crippen molar-refractivity contribution in [3.8, 4) is 50.2 Å². The normalized spacial score (nSPS) is 11.4. The number of benzene rings is 11. The van der Waals surface area contributed by atoms with Gasteiger partial charge in [0.1, 0.15) is 0 Å². The Morgan fingerprint density at radius 1 is 0.266 bits per heavy atom. The van der Waals surface area contributed by atoms with Gasteiger partial charge >= 0.3 is 0 Å². The molecule has 0 N–H and O–H groups in total. The van der Waals surface area contributed by atoms with Gasteiger partial charge in [-0.05, 0) is 121 Å². The van der Waals surface area contributed by atoms with Gasteiger partial charge in [-0.2, -0.15) is 0 Å². The first-order valence-electron chi connectivity index (χ1n) is 22.0. The Hall–Kier alpha value is -8.46. The fraction of sp³-hybridized carbons (Fsp3) is 0. The van der Waals surface area contributed by atoms with Crippen LogP contribution < -0.4 is 4.90 Å². The molecule has 0 saturated carbocycles. The number of para-hydroxylation sites is 3. The van der Waals surface area contributed by atoms with E-state index in [0.717, 1.165) is 22.7 Å². The van der Waals surface area contributed by atoms with Crippen LogP contribution in [0.25, 0.3) is 93.5 Å². The van der Waals surface area contributed by atoms with Crippen molar-refractivity contribution in [1.29, 1.82) is 0 Å². The van der Waals surface area contributed by atoms with Crippen LogP contribution in [0.1, 0.15) is 0 Å². The average Bonchev–Trinajstić information content (AvgIpc) is 3.71. The Balaban J connectivity index is 1.06. The maximum absolute atomic E-state index is 2.44. The lowest BCUT2D eigenvalue weighted by atomic mass is 9.85. The summed E-state index contributed by atoms with van der Waals surface area (Å²) in [6.45, 7) is 0. The molecule has 0 radical (unpaired) electrons. The van der Waals surface area contributed by atoms with Crippen molar-refractivity contribution in [2.45, 2.75) is 0 Å². The Morgan fingerprint density at radius 2 is 0.766 bits per heavy atom. The van der Waals surface area contributed by atoms with Gasteiger partial charge in [-0.25, -0.2) is 0 Å². The van der Waals surface area contributed by atoms with Gasteiger partial charge in [-0.1, -0.05) is 194 Å². The lowest BCUT2D eigenvalue weighted by Gasteiger charge is -2.29. The molecule has 0 bridgehead atoms. The number of nitrogens with zero attached hydrogens (tertiary/aromatic N) is 2. The van der Waals surface area contributed by atoms with Crippen molar-refractivity contribution in [1.82, 2.24) is 4.57 Å². The maximum atomic E-state index is 2.44. The highest BCUT2D eigenvalue weighted by Gasteiger charge is 2.22. The molecular formula is C62H42N2. The zero-order valence-corrected chi connectivity index (χ0v) is 35.1. The highest BCUT2D eigenvalue weighted by atomic mass is 15.1. The van der Waals surface area contributed by atoms with E-state index in [-0.39, 0.29) is 0 Å². The number of fused-ring (bicyclic) bond motifs is 6. The molecule has 0 spiro atoms. The van der Waals surface area contributed by atoms with Gasteiger partial charge in [0.25, 0.3) is 0 Å². The van der Waals surface area contributed by atoms with E-state index in [2.05, 4.69) is 264 Å². The largest absolute Gasteiger partial charge is 0.310 e. The van der Waals surface area contributed by atoms with Gasteiger partial charge in [0.05, 0.1) is 16.7 Å². The molecule has 2 heteroatoms. The van der Waals surface area contributed by atoms with Crippen LogP contribution in [-0.2, 0) is 0 Å². The third-order valence-corrected chi connectivity index (χ3v) is 12.8. The monoisotopic (exact) mass is 814 g/mol. The molecule has 0 atom stereocenters. The van der Waals surface area contributed by atoms with E-state index in [1.807, 2.05) is 0 Å². The third-order valence-electron chi connectivity index (χ3n) is 12.8. The maximum Gasteiger partial charge on any atom is 0.0541 e. The Labute approximate surface area is 373 Å².